The maximum atomic E-state index is 13.0. The fraction of sp³-hybridized carbons (Fsp3) is 0.250. The molecule has 0 radical (unpaired) electrons. The van der Waals surface area contributed by atoms with E-state index in [0.717, 1.165) is 28.0 Å². The minimum Gasteiger partial charge on any atom is -0.477 e. The summed E-state index contributed by atoms with van der Waals surface area (Å²) in [5, 5.41) is 35.5. The van der Waals surface area contributed by atoms with Crippen molar-refractivity contribution in [3.8, 4) is 0 Å². The van der Waals surface area contributed by atoms with Crippen molar-refractivity contribution in [2.75, 3.05) is 17.2 Å². The van der Waals surface area contributed by atoms with Crippen LogP contribution in [0.1, 0.15) is 11.3 Å². The number of nitrogens with zero attached hydrogens (tertiary/aromatic N) is 5. The van der Waals surface area contributed by atoms with Crippen LogP contribution < -0.4 is 11.1 Å². The van der Waals surface area contributed by atoms with Gasteiger partial charge < -0.3 is 21.4 Å². The van der Waals surface area contributed by atoms with Gasteiger partial charge in [0.25, 0.3) is 11.8 Å². The van der Waals surface area contributed by atoms with Crippen molar-refractivity contribution in [3.05, 3.63) is 46.1 Å². The summed E-state index contributed by atoms with van der Waals surface area (Å²) in [6, 6.07) is 3.67. The van der Waals surface area contributed by atoms with E-state index in [1.807, 2.05) is 0 Å². The highest BCUT2D eigenvalue weighted by Gasteiger charge is 2.54. The SMILES string of the molecule is Nc1nc(/C(=N/O)C(=O)NC2C(=O)N3C(C(=O)O)=C(CS(=O)(=O)Cc4ccc5n[nH]nc5c4)CS[C@H]23)cs1. The van der Waals surface area contributed by atoms with Gasteiger partial charge in [-0.25, -0.2) is 18.2 Å². The number of rotatable bonds is 8. The predicted octanol–water partition coefficient (Wildman–Crippen LogP) is -0.471. The van der Waals surface area contributed by atoms with Crippen LogP contribution in [0.4, 0.5) is 5.13 Å². The van der Waals surface area contributed by atoms with E-state index in [1.54, 1.807) is 18.2 Å². The lowest BCUT2D eigenvalue weighted by atomic mass is 10.0. The summed E-state index contributed by atoms with van der Waals surface area (Å²) >= 11 is 2.13. The highest BCUT2D eigenvalue weighted by molar-refractivity contribution is 8.00. The molecule has 2 atom stereocenters. The van der Waals surface area contributed by atoms with Crippen molar-refractivity contribution in [1.29, 1.82) is 0 Å². The van der Waals surface area contributed by atoms with Gasteiger partial charge in [0.05, 0.1) is 11.5 Å². The summed E-state index contributed by atoms with van der Waals surface area (Å²) in [6.45, 7) is 0. The van der Waals surface area contributed by atoms with Crippen LogP contribution in [0.25, 0.3) is 11.0 Å². The molecule has 0 spiro atoms. The van der Waals surface area contributed by atoms with Crippen molar-refractivity contribution in [1.82, 2.24) is 30.6 Å². The maximum absolute atomic E-state index is 13.0. The standard InChI is InChI=1S/C20H18N8O7S3/c21-20-22-12(5-37-20)13(26-33)16(29)23-14-17(30)28-15(19(31)32)9(4-36-18(14)28)7-38(34,35)6-8-1-2-10-11(3-8)25-27-24-10/h1-3,5,14,18,33H,4,6-7H2,(H2,21,22)(H,23,29)(H,31,32)(H,24,25,27)/b26-13-/t14?,18-/m1/s1. The summed E-state index contributed by atoms with van der Waals surface area (Å²) in [5.74, 6) is -4.04. The smallest absolute Gasteiger partial charge is 0.352 e. The molecule has 1 unspecified atom stereocenters. The number of thiazole rings is 1. The van der Waals surface area contributed by atoms with Crippen LogP contribution in [0.15, 0.2) is 40.0 Å². The zero-order valence-electron chi connectivity index (χ0n) is 19.1. The number of hydrogen-bond donors (Lipinski definition) is 5. The zero-order valence-corrected chi connectivity index (χ0v) is 21.5. The highest BCUT2D eigenvalue weighted by atomic mass is 32.2. The predicted molar refractivity (Wildman–Crippen MR) is 136 cm³/mol. The number of aromatic amines is 1. The number of carboxylic acid groups (broad SMARTS) is 1. The number of β-lactam (4-membered cyclic amide) rings is 1. The molecule has 1 aromatic carbocycles. The summed E-state index contributed by atoms with van der Waals surface area (Å²) in [5.41, 5.74) is 6.25. The Balaban J connectivity index is 1.32. The molecule has 38 heavy (non-hydrogen) atoms. The number of aliphatic carboxylic acids is 1. The Hall–Kier alpha value is -4.03. The van der Waals surface area contributed by atoms with Gasteiger partial charge in [-0.3, -0.25) is 14.5 Å². The number of benzene rings is 1. The van der Waals surface area contributed by atoms with Gasteiger partial charge in [-0.15, -0.1) is 23.1 Å². The van der Waals surface area contributed by atoms with Gasteiger partial charge in [-0.2, -0.15) is 15.4 Å². The number of oxime groups is 1. The summed E-state index contributed by atoms with van der Waals surface area (Å²) in [7, 11) is -3.82. The van der Waals surface area contributed by atoms with Crippen LogP contribution >= 0.6 is 23.1 Å². The number of H-pyrrole nitrogens is 1. The molecular formula is C20H18N8O7S3. The third-order valence-corrected chi connectivity index (χ3v) is 9.35. The fourth-order valence-corrected chi connectivity index (χ4v) is 7.74. The molecule has 2 aromatic heterocycles. The number of aromatic nitrogens is 4. The van der Waals surface area contributed by atoms with Gasteiger partial charge >= 0.3 is 5.97 Å². The van der Waals surface area contributed by atoms with Crippen LogP contribution in [0.2, 0.25) is 0 Å². The lowest BCUT2D eigenvalue weighted by molar-refractivity contribution is -0.150. The fourth-order valence-electron chi connectivity index (χ4n) is 4.16. The van der Waals surface area contributed by atoms with Crippen LogP contribution in [-0.2, 0) is 30.0 Å². The van der Waals surface area contributed by atoms with E-state index in [9.17, 15) is 33.1 Å². The Morgan fingerprint density at radius 2 is 2.03 bits per heavy atom. The Morgan fingerprint density at radius 1 is 1.26 bits per heavy atom. The Bertz CT molecular complexity index is 1640. The van der Waals surface area contributed by atoms with E-state index in [4.69, 9.17) is 5.73 Å². The average Bonchev–Trinajstić information content (AvgIpc) is 3.50. The molecule has 2 aliphatic rings. The number of hydrogen-bond acceptors (Lipinski definition) is 13. The highest BCUT2D eigenvalue weighted by Crippen LogP contribution is 2.41. The average molecular weight is 579 g/mol. The molecule has 2 aliphatic heterocycles. The largest absolute Gasteiger partial charge is 0.477 e. The topological polar surface area (TPSA) is 234 Å². The van der Waals surface area contributed by atoms with E-state index in [-0.39, 0.29) is 27.9 Å². The second-order valence-corrected chi connectivity index (χ2v) is 12.4. The second kappa shape index (κ2) is 9.69. The van der Waals surface area contributed by atoms with Crippen molar-refractivity contribution < 1.29 is 33.1 Å². The Labute approximate surface area is 221 Å². The van der Waals surface area contributed by atoms with Gasteiger partial charge in [0.1, 0.15) is 33.8 Å². The van der Waals surface area contributed by atoms with Gasteiger partial charge in [0, 0.05) is 11.1 Å². The number of sulfone groups is 1. The Kier molecular flexibility index (Phi) is 6.53. The number of thioether (sulfide) groups is 1. The summed E-state index contributed by atoms with van der Waals surface area (Å²) < 4.78 is 25.9. The van der Waals surface area contributed by atoms with Gasteiger partial charge in [-0.1, -0.05) is 11.2 Å². The normalized spacial score (nSPS) is 19.8. The maximum Gasteiger partial charge on any atom is 0.352 e. The first-order valence-electron chi connectivity index (χ1n) is 10.7. The van der Waals surface area contributed by atoms with Gasteiger partial charge in [0.2, 0.25) is 0 Å². The first kappa shape index (κ1) is 25.6. The van der Waals surface area contributed by atoms with Crippen LogP contribution in [0, 0.1) is 0 Å². The van der Waals surface area contributed by atoms with Crippen LogP contribution in [-0.4, -0.2) is 90.4 Å². The van der Waals surface area contributed by atoms with E-state index in [1.165, 1.54) is 5.38 Å². The van der Waals surface area contributed by atoms with E-state index in [0.29, 0.717) is 16.6 Å². The van der Waals surface area contributed by atoms with Gasteiger partial charge in [0.15, 0.2) is 20.7 Å². The van der Waals surface area contributed by atoms with Crippen molar-refractivity contribution in [2.24, 2.45) is 5.16 Å². The molecule has 198 valence electrons. The molecule has 18 heteroatoms. The van der Waals surface area contributed by atoms with Crippen LogP contribution in [0.5, 0.6) is 0 Å². The van der Waals surface area contributed by atoms with Crippen molar-refractivity contribution in [2.45, 2.75) is 17.2 Å². The number of nitrogens with two attached hydrogens (primary N) is 1. The lowest BCUT2D eigenvalue weighted by Crippen LogP contribution is -2.71. The van der Waals surface area contributed by atoms with E-state index >= 15 is 0 Å². The molecule has 6 N–H and O–H groups in total. The second-order valence-electron chi connectivity index (χ2n) is 8.32. The quantitative estimate of drug-likeness (QED) is 0.0987. The minimum atomic E-state index is -3.82. The first-order valence-corrected chi connectivity index (χ1v) is 14.5. The lowest BCUT2D eigenvalue weighted by Gasteiger charge is -2.49. The number of carbonyl (C=O) groups is 3. The number of carbonyl (C=O) groups excluding carboxylic acids is 2. The summed E-state index contributed by atoms with van der Waals surface area (Å²) in [6.07, 6.45) is 0. The monoisotopic (exact) mass is 578 g/mol. The third-order valence-electron chi connectivity index (χ3n) is 5.78. The molecule has 1 saturated heterocycles. The molecule has 3 aromatic rings. The number of carboxylic acids is 1. The number of nitrogen functional groups attached to an aromatic ring is 1. The summed E-state index contributed by atoms with van der Waals surface area (Å²) in [4.78, 5) is 42.5. The molecule has 0 aliphatic carbocycles. The zero-order chi connectivity index (χ0) is 27.2. The minimum absolute atomic E-state index is 0.00751. The molecule has 15 nitrogen and oxygen atoms in total. The number of nitrogens with one attached hydrogen (secondary N) is 2. The molecule has 1 fully saturated rings. The molecule has 2 amide bonds. The number of fused-ring (bicyclic) bond motifs is 2. The molecule has 5 rings (SSSR count). The molecule has 0 bridgehead atoms. The molecule has 0 saturated carbocycles. The van der Waals surface area contributed by atoms with E-state index in [2.05, 4.69) is 30.9 Å². The van der Waals surface area contributed by atoms with Crippen molar-refractivity contribution >= 4 is 72.6 Å². The van der Waals surface area contributed by atoms with E-state index < -0.39 is 56.2 Å². The van der Waals surface area contributed by atoms with Crippen molar-refractivity contribution in [3.63, 3.8) is 0 Å². The molecular weight excluding hydrogens is 560 g/mol. The molecule has 4 heterocycles. The van der Waals surface area contributed by atoms with Gasteiger partial charge in [-0.05, 0) is 23.3 Å². The first-order chi connectivity index (χ1) is 18.1. The number of amides is 2. The Morgan fingerprint density at radius 3 is 2.71 bits per heavy atom. The third kappa shape index (κ3) is 4.68. The van der Waals surface area contributed by atoms with Crippen LogP contribution in [0.3, 0.4) is 0 Å². The number of anilines is 1.